The SMILES string of the molecule is CCN(C)CCSc1nnc2n1-c1ccc(Br)cc1C(c1ccccc1F)=N[C@H]2CCC(=O)OC. The second kappa shape index (κ2) is 11.5. The number of carbonyl (C=O) groups excluding carboxylic acids is 1. The Kier molecular flexibility index (Phi) is 8.35. The van der Waals surface area contributed by atoms with Crippen molar-refractivity contribution in [1.29, 1.82) is 0 Å². The number of hydrogen-bond acceptors (Lipinski definition) is 7. The zero-order valence-electron chi connectivity index (χ0n) is 19.9. The van der Waals surface area contributed by atoms with Crippen LogP contribution in [-0.2, 0) is 9.53 Å². The molecule has 0 aliphatic carbocycles. The molecule has 3 aromatic rings. The lowest BCUT2D eigenvalue weighted by Gasteiger charge is -2.15. The lowest BCUT2D eigenvalue weighted by molar-refractivity contribution is -0.140. The fourth-order valence-corrected chi connectivity index (χ4v) is 5.23. The van der Waals surface area contributed by atoms with Gasteiger partial charge in [0, 0.05) is 34.3 Å². The van der Waals surface area contributed by atoms with Crippen LogP contribution in [0.3, 0.4) is 0 Å². The molecule has 10 heteroatoms. The third-order valence-electron chi connectivity index (χ3n) is 5.92. The molecule has 2 aromatic carbocycles. The third kappa shape index (κ3) is 5.65. The van der Waals surface area contributed by atoms with Crippen molar-refractivity contribution in [2.45, 2.75) is 31.0 Å². The van der Waals surface area contributed by atoms with E-state index in [9.17, 15) is 9.18 Å². The summed E-state index contributed by atoms with van der Waals surface area (Å²) in [6, 6.07) is 11.9. The first-order valence-corrected chi connectivity index (χ1v) is 13.2. The molecule has 0 fully saturated rings. The molecule has 0 saturated heterocycles. The minimum atomic E-state index is -0.505. The number of benzene rings is 2. The zero-order chi connectivity index (χ0) is 24.9. The molecule has 1 aliphatic rings. The predicted molar refractivity (Wildman–Crippen MR) is 139 cm³/mol. The Morgan fingerprint density at radius 2 is 2.03 bits per heavy atom. The monoisotopic (exact) mass is 559 g/mol. The van der Waals surface area contributed by atoms with Gasteiger partial charge in [-0.3, -0.25) is 14.4 Å². The van der Waals surface area contributed by atoms with Crippen LogP contribution in [0, 0.1) is 5.82 Å². The van der Waals surface area contributed by atoms with Gasteiger partial charge in [0.05, 0.1) is 18.5 Å². The summed E-state index contributed by atoms with van der Waals surface area (Å²) in [7, 11) is 3.44. The molecule has 7 nitrogen and oxygen atoms in total. The van der Waals surface area contributed by atoms with Gasteiger partial charge in [-0.2, -0.15) is 0 Å². The van der Waals surface area contributed by atoms with E-state index >= 15 is 0 Å². The van der Waals surface area contributed by atoms with Crippen molar-refractivity contribution in [3.8, 4) is 5.69 Å². The van der Waals surface area contributed by atoms with Crippen LogP contribution in [0.25, 0.3) is 5.69 Å². The summed E-state index contributed by atoms with van der Waals surface area (Å²) in [5, 5.41) is 9.73. The first kappa shape index (κ1) is 25.5. The topological polar surface area (TPSA) is 72.6 Å². The Hall–Kier alpha value is -2.56. The number of methoxy groups -OCH3 is 1. The van der Waals surface area contributed by atoms with Crippen molar-refractivity contribution < 1.29 is 13.9 Å². The van der Waals surface area contributed by atoms with Gasteiger partial charge in [-0.25, -0.2) is 4.39 Å². The molecule has 1 aliphatic heterocycles. The van der Waals surface area contributed by atoms with Crippen molar-refractivity contribution in [3.05, 3.63) is 69.7 Å². The van der Waals surface area contributed by atoms with Gasteiger partial charge in [0.25, 0.3) is 0 Å². The fourth-order valence-electron chi connectivity index (χ4n) is 3.86. The number of thioether (sulfide) groups is 1. The standard InChI is InChI=1S/C25H27BrFN5O2S/c1-4-31(2)13-14-35-25-30-29-24-20(10-12-22(33)34-3)28-23(17-7-5-6-8-19(17)27)18-15-16(26)9-11-21(18)32(24)25/h5-9,11,15,20H,4,10,12-14H2,1-3H3/t20-/m0/s1. The number of carbonyl (C=O) groups is 1. The highest BCUT2D eigenvalue weighted by Gasteiger charge is 2.30. The molecule has 0 N–H and O–H groups in total. The molecule has 184 valence electrons. The maximum absolute atomic E-state index is 15.0. The van der Waals surface area contributed by atoms with Gasteiger partial charge in [0.1, 0.15) is 11.9 Å². The van der Waals surface area contributed by atoms with Crippen LogP contribution in [0.5, 0.6) is 0 Å². The Morgan fingerprint density at radius 1 is 1.23 bits per heavy atom. The van der Waals surface area contributed by atoms with Gasteiger partial charge in [0.2, 0.25) is 0 Å². The summed E-state index contributed by atoms with van der Waals surface area (Å²) in [5.41, 5.74) is 2.49. The highest BCUT2D eigenvalue weighted by atomic mass is 79.9. The predicted octanol–water partition coefficient (Wildman–Crippen LogP) is 5.06. The number of fused-ring (bicyclic) bond motifs is 3. The number of ether oxygens (including phenoxy) is 1. The van der Waals surface area contributed by atoms with Gasteiger partial charge in [-0.05, 0) is 50.3 Å². The van der Waals surface area contributed by atoms with Crippen LogP contribution < -0.4 is 0 Å². The Labute approximate surface area is 216 Å². The van der Waals surface area contributed by atoms with Crippen molar-refractivity contribution in [2.24, 2.45) is 4.99 Å². The molecule has 1 aromatic heterocycles. The molecule has 0 saturated carbocycles. The van der Waals surface area contributed by atoms with Gasteiger partial charge in [-0.1, -0.05) is 46.7 Å². The lowest BCUT2D eigenvalue weighted by Crippen LogP contribution is -2.20. The number of aromatic nitrogens is 3. The van der Waals surface area contributed by atoms with Crippen molar-refractivity contribution in [3.63, 3.8) is 0 Å². The first-order chi connectivity index (χ1) is 16.9. The van der Waals surface area contributed by atoms with Crippen molar-refractivity contribution >= 4 is 39.4 Å². The van der Waals surface area contributed by atoms with Crippen molar-refractivity contribution in [1.82, 2.24) is 19.7 Å². The highest BCUT2D eigenvalue weighted by Crippen LogP contribution is 2.36. The molecule has 0 bridgehead atoms. The zero-order valence-corrected chi connectivity index (χ0v) is 22.3. The molecular formula is C25H27BrFN5O2S. The molecule has 2 heterocycles. The van der Waals surface area contributed by atoms with E-state index in [-0.39, 0.29) is 18.2 Å². The smallest absolute Gasteiger partial charge is 0.305 e. The van der Waals surface area contributed by atoms with Crippen LogP contribution in [0.1, 0.15) is 42.8 Å². The summed E-state index contributed by atoms with van der Waals surface area (Å²) < 4.78 is 22.7. The summed E-state index contributed by atoms with van der Waals surface area (Å²) in [6.45, 7) is 3.99. The van der Waals surface area contributed by atoms with Crippen LogP contribution in [0.4, 0.5) is 4.39 Å². The molecular weight excluding hydrogens is 533 g/mol. The Bertz CT molecular complexity index is 1250. The number of aliphatic imine (C=N–C) groups is 1. The lowest BCUT2D eigenvalue weighted by atomic mass is 10.00. The summed E-state index contributed by atoms with van der Waals surface area (Å²) in [5.74, 6) is 0.761. The molecule has 0 radical (unpaired) electrons. The van der Waals surface area contributed by atoms with E-state index in [1.54, 1.807) is 30.0 Å². The van der Waals surface area contributed by atoms with Gasteiger partial charge >= 0.3 is 5.97 Å². The highest BCUT2D eigenvalue weighted by molar-refractivity contribution is 9.10. The number of halogens is 2. The number of esters is 1. The minimum absolute atomic E-state index is 0.159. The molecule has 35 heavy (non-hydrogen) atoms. The van der Waals surface area contributed by atoms with Crippen molar-refractivity contribution in [2.75, 3.05) is 33.0 Å². The second-order valence-electron chi connectivity index (χ2n) is 8.17. The van der Waals surface area contributed by atoms with E-state index in [4.69, 9.17) is 9.73 Å². The van der Waals surface area contributed by atoms with E-state index in [0.29, 0.717) is 23.5 Å². The normalized spacial score (nSPS) is 14.8. The van der Waals surface area contributed by atoms with Crippen LogP contribution >= 0.6 is 27.7 Å². The number of rotatable bonds is 9. The van der Waals surface area contributed by atoms with Crippen LogP contribution in [-0.4, -0.2) is 64.3 Å². The van der Waals surface area contributed by atoms with E-state index in [0.717, 1.165) is 39.7 Å². The summed E-state index contributed by atoms with van der Waals surface area (Å²) in [6.07, 6.45) is 0.521. The van der Waals surface area contributed by atoms with Gasteiger partial charge < -0.3 is 9.64 Å². The van der Waals surface area contributed by atoms with Crippen LogP contribution in [0.15, 0.2) is 57.1 Å². The summed E-state index contributed by atoms with van der Waals surface area (Å²) >= 11 is 5.18. The maximum Gasteiger partial charge on any atom is 0.305 e. The molecule has 0 spiro atoms. The van der Waals surface area contributed by atoms with Gasteiger partial charge in [0.15, 0.2) is 11.0 Å². The fraction of sp³-hybridized carbons (Fsp3) is 0.360. The van der Waals surface area contributed by atoms with E-state index in [2.05, 4.69) is 45.0 Å². The maximum atomic E-state index is 15.0. The average Bonchev–Trinajstić information content (AvgIpc) is 3.22. The molecule has 1 atom stereocenters. The molecule has 0 unspecified atom stereocenters. The Balaban J connectivity index is 1.85. The second-order valence-corrected chi connectivity index (χ2v) is 10.1. The quantitative estimate of drug-likeness (QED) is 0.269. The first-order valence-electron chi connectivity index (χ1n) is 11.4. The van der Waals surface area contributed by atoms with E-state index in [1.165, 1.54) is 13.2 Å². The molecule has 4 rings (SSSR count). The third-order valence-corrected chi connectivity index (χ3v) is 7.32. The average molecular weight is 560 g/mol. The number of hydrogen-bond donors (Lipinski definition) is 0. The minimum Gasteiger partial charge on any atom is -0.469 e. The largest absolute Gasteiger partial charge is 0.469 e. The number of nitrogens with zero attached hydrogens (tertiary/aromatic N) is 5. The molecule has 0 amide bonds. The van der Waals surface area contributed by atoms with Gasteiger partial charge in [-0.15, -0.1) is 10.2 Å². The van der Waals surface area contributed by atoms with E-state index in [1.807, 2.05) is 22.8 Å². The van der Waals surface area contributed by atoms with E-state index < -0.39 is 6.04 Å². The summed E-state index contributed by atoms with van der Waals surface area (Å²) in [4.78, 5) is 19.2. The van der Waals surface area contributed by atoms with Crippen LogP contribution in [0.2, 0.25) is 0 Å². The Morgan fingerprint density at radius 3 is 2.77 bits per heavy atom.